The number of nitrogens with two attached hydrogens (primary N) is 1. The molecule has 0 spiro atoms. The summed E-state index contributed by atoms with van der Waals surface area (Å²) < 4.78 is 53.8. The highest BCUT2D eigenvalue weighted by Crippen LogP contribution is 2.47. The molecule has 5 atom stereocenters. The molecule has 9 nitrogen and oxygen atoms in total. The number of nitrogens with one attached hydrogen (secondary N) is 1. The molecule has 5 unspecified atom stereocenters. The number of aliphatic imine (C=N–C) groups is 1. The maximum Gasteiger partial charge on any atom is 0.573 e. The van der Waals surface area contributed by atoms with Gasteiger partial charge in [0.05, 0.1) is 18.0 Å². The number of hydrogen-bond donors (Lipinski definition) is 2. The molecule has 1 saturated carbocycles. The number of guanidine groups is 1. The molecule has 1 aromatic carbocycles. The maximum absolute atomic E-state index is 13.4. The first-order valence-corrected chi connectivity index (χ1v) is 13.2. The van der Waals surface area contributed by atoms with E-state index in [2.05, 4.69) is 15.0 Å². The van der Waals surface area contributed by atoms with Crippen molar-refractivity contribution in [2.45, 2.75) is 89.4 Å². The number of hydrogen-bond acceptors (Lipinski definition) is 7. The minimum absolute atomic E-state index is 0.128. The van der Waals surface area contributed by atoms with Crippen LogP contribution in [0.4, 0.5) is 13.2 Å². The van der Waals surface area contributed by atoms with E-state index in [0.29, 0.717) is 43.6 Å². The van der Waals surface area contributed by atoms with Crippen LogP contribution in [0, 0.1) is 11.8 Å². The first-order chi connectivity index (χ1) is 18.1. The monoisotopic (exact) mass is 554 g/mol. The van der Waals surface area contributed by atoms with Gasteiger partial charge < -0.3 is 25.3 Å². The first-order valence-electron chi connectivity index (χ1n) is 13.2. The van der Waals surface area contributed by atoms with Crippen LogP contribution >= 0.6 is 0 Å². The Morgan fingerprint density at radius 1 is 1.33 bits per heavy atom. The van der Waals surface area contributed by atoms with Crippen molar-refractivity contribution in [1.29, 1.82) is 0 Å². The number of carbonyl (C=O) groups excluding carboxylic acids is 2. The lowest BCUT2D eigenvalue weighted by Crippen LogP contribution is -2.56. The summed E-state index contributed by atoms with van der Waals surface area (Å²) >= 11 is 0. The second-order valence-electron chi connectivity index (χ2n) is 11.5. The predicted molar refractivity (Wildman–Crippen MR) is 137 cm³/mol. The van der Waals surface area contributed by atoms with Crippen LogP contribution in [0.3, 0.4) is 0 Å². The standard InChI is InChI=1S/C27H37F3N4O5/c1-6-26(4)14-22(35)34(24(31)33-26)20(9-10-37-5)16-12-17(16)23(36)32-19-13-25(2,3)39-21-8-7-15(11-18(19)21)38-27(28,29)30/h7-8,11,16-17,19-20H,6,9-10,12-14H2,1-5H3,(H2,31,33)(H,32,36). The number of nitrogens with zero attached hydrogens (tertiary/aromatic N) is 2. The number of ether oxygens (including phenoxy) is 3. The van der Waals surface area contributed by atoms with Crippen molar-refractivity contribution in [3.8, 4) is 11.5 Å². The summed E-state index contributed by atoms with van der Waals surface area (Å²) in [4.78, 5) is 32.7. The summed E-state index contributed by atoms with van der Waals surface area (Å²) in [7, 11) is 1.57. The number of halogens is 3. The highest BCUT2D eigenvalue weighted by Gasteiger charge is 2.53. The summed E-state index contributed by atoms with van der Waals surface area (Å²) in [6.07, 6.45) is -2.56. The molecule has 2 heterocycles. The lowest BCUT2D eigenvalue weighted by atomic mass is 9.89. The van der Waals surface area contributed by atoms with Crippen LogP contribution in [0.1, 0.15) is 71.4 Å². The fourth-order valence-corrected chi connectivity index (χ4v) is 5.62. The van der Waals surface area contributed by atoms with E-state index in [0.717, 1.165) is 0 Å². The van der Waals surface area contributed by atoms with Gasteiger partial charge in [0.15, 0.2) is 5.96 Å². The zero-order valence-electron chi connectivity index (χ0n) is 22.9. The van der Waals surface area contributed by atoms with E-state index >= 15 is 0 Å². The normalized spacial score (nSPS) is 28.6. The van der Waals surface area contributed by atoms with Crippen LogP contribution in [-0.2, 0) is 14.3 Å². The van der Waals surface area contributed by atoms with E-state index in [-0.39, 0.29) is 41.9 Å². The quantitative estimate of drug-likeness (QED) is 0.476. The zero-order chi connectivity index (χ0) is 28.8. The molecular formula is C27H37F3N4O5. The Labute approximate surface area is 226 Å². The van der Waals surface area contributed by atoms with Crippen LogP contribution in [0.15, 0.2) is 23.2 Å². The minimum Gasteiger partial charge on any atom is -0.487 e. The largest absolute Gasteiger partial charge is 0.573 e. The third-order valence-electron chi connectivity index (χ3n) is 7.80. The highest BCUT2D eigenvalue weighted by atomic mass is 19.4. The molecule has 0 aromatic heterocycles. The Morgan fingerprint density at radius 2 is 2.05 bits per heavy atom. The van der Waals surface area contributed by atoms with Crippen LogP contribution < -0.4 is 20.5 Å². The number of amides is 2. The number of methoxy groups -OCH3 is 1. The summed E-state index contributed by atoms with van der Waals surface area (Å²) in [6.45, 7) is 7.93. The topological polar surface area (TPSA) is 115 Å². The Balaban J connectivity index is 1.52. The van der Waals surface area contributed by atoms with Gasteiger partial charge in [0.1, 0.15) is 17.1 Å². The third kappa shape index (κ3) is 6.59. The molecule has 1 fully saturated rings. The Kier molecular flexibility index (Phi) is 7.81. The second-order valence-corrected chi connectivity index (χ2v) is 11.5. The van der Waals surface area contributed by atoms with Gasteiger partial charge in [-0.15, -0.1) is 13.2 Å². The van der Waals surface area contributed by atoms with Crippen LogP contribution in [0.25, 0.3) is 0 Å². The average molecular weight is 555 g/mol. The molecule has 3 N–H and O–H groups in total. The molecule has 39 heavy (non-hydrogen) atoms. The number of rotatable bonds is 9. The molecule has 4 rings (SSSR count). The van der Waals surface area contributed by atoms with Crippen LogP contribution in [0.2, 0.25) is 0 Å². The Morgan fingerprint density at radius 3 is 2.67 bits per heavy atom. The van der Waals surface area contributed by atoms with E-state index in [1.807, 2.05) is 27.7 Å². The molecule has 216 valence electrons. The van der Waals surface area contributed by atoms with Crippen LogP contribution in [0.5, 0.6) is 11.5 Å². The summed E-state index contributed by atoms with van der Waals surface area (Å²) in [5.74, 6) is -0.761. The molecule has 3 aliphatic rings. The van der Waals surface area contributed by atoms with Gasteiger partial charge in [-0.3, -0.25) is 14.5 Å². The summed E-state index contributed by atoms with van der Waals surface area (Å²) in [5.41, 5.74) is 5.49. The molecule has 0 bridgehead atoms. The van der Waals surface area contributed by atoms with Crippen molar-refractivity contribution >= 4 is 17.8 Å². The van der Waals surface area contributed by atoms with Gasteiger partial charge in [-0.1, -0.05) is 6.92 Å². The summed E-state index contributed by atoms with van der Waals surface area (Å²) in [5, 5.41) is 3.02. The Bertz CT molecular complexity index is 1140. The van der Waals surface area contributed by atoms with Gasteiger partial charge in [0, 0.05) is 37.7 Å². The minimum atomic E-state index is -4.84. The molecule has 2 amide bonds. The summed E-state index contributed by atoms with van der Waals surface area (Å²) in [6, 6.07) is 2.92. The van der Waals surface area contributed by atoms with Gasteiger partial charge >= 0.3 is 6.36 Å². The van der Waals surface area contributed by atoms with Crippen molar-refractivity contribution in [1.82, 2.24) is 10.2 Å². The lowest BCUT2D eigenvalue weighted by Gasteiger charge is -2.39. The van der Waals surface area contributed by atoms with Gasteiger partial charge in [-0.2, -0.15) is 0 Å². The number of carbonyl (C=O) groups is 2. The molecule has 12 heteroatoms. The van der Waals surface area contributed by atoms with Gasteiger partial charge in [0.2, 0.25) is 11.8 Å². The van der Waals surface area contributed by atoms with E-state index in [9.17, 15) is 22.8 Å². The van der Waals surface area contributed by atoms with Crippen molar-refractivity contribution < 1.29 is 37.0 Å². The molecule has 0 saturated heterocycles. The third-order valence-corrected chi connectivity index (χ3v) is 7.80. The number of benzene rings is 1. The molecule has 1 aliphatic carbocycles. The fraction of sp³-hybridized carbons (Fsp3) is 0.667. The van der Waals surface area contributed by atoms with Gasteiger partial charge in [-0.25, -0.2) is 4.99 Å². The molecule has 1 aromatic rings. The predicted octanol–water partition coefficient (Wildman–Crippen LogP) is 4.06. The zero-order valence-corrected chi connectivity index (χ0v) is 22.9. The van der Waals surface area contributed by atoms with E-state index < -0.39 is 29.5 Å². The number of fused-ring (bicyclic) bond motifs is 1. The van der Waals surface area contributed by atoms with Gasteiger partial charge in [-0.05, 0) is 64.2 Å². The average Bonchev–Trinajstić information content (AvgIpc) is 3.60. The number of alkyl halides is 3. The van der Waals surface area contributed by atoms with Gasteiger partial charge in [0.25, 0.3) is 0 Å². The highest BCUT2D eigenvalue weighted by molar-refractivity contribution is 5.99. The van der Waals surface area contributed by atoms with E-state index in [1.54, 1.807) is 7.11 Å². The lowest BCUT2D eigenvalue weighted by molar-refractivity contribution is -0.274. The van der Waals surface area contributed by atoms with Crippen LogP contribution in [-0.4, -0.2) is 59.9 Å². The van der Waals surface area contributed by atoms with E-state index in [1.165, 1.54) is 23.1 Å². The van der Waals surface area contributed by atoms with E-state index in [4.69, 9.17) is 15.2 Å². The maximum atomic E-state index is 13.4. The second kappa shape index (κ2) is 10.5. The van der Waals surface area contributed by atoms with Crippen molar-refractivity contribution in [3.63, 3.8) is 0 Å². The smallest absolute Gasteiger partial charge is 0.487 e. The van der Waals surface area contributed by atoms with Crippen molar-refractivity contribution in [2.24, 2.45) is 22.6 Å². The molecular weight excluding hydrogens is 517 g/mol. The molecule has 2 aliphatic heterocycles. The SMILES string of the molecule is CCC1(C)CC(=O)N(C(CCOC)C2CC2C(=O)NC2CC(C)(C)Oc3ccc(OC(F)(F)F)cc32)C(N)=N1. The van der Waals surface area contributed by atoms with Crippen molar-refractivity contribution in [3.05, 3.63) is 23.8 Å². The first kappa shape index (κ1) is 29.0. The molecule has 0 radical (unpaired) electrons. The fourth-order valence-electron chi connectivity index (χ4n) is 5.62. The Hall–Kier alpha value is -3.02. The van der Waals surface area contributed by atoms with Crippen molar-refractivity contribution in [2.75, 3.05) is 13.7 Å².